The molecule has 0 spiro atoms. The minimum absolute atomic E-state index is 0.0365. The Kier molecular flexibility index (Phi) is 7.52. The summed E-state index contributed by atoms with van der Waals surface area (Å²) < 4.78 is 52.1. The predicted octanol–water partition coefficient (Wildman–Crippen LogP) is 3.20. The third kappa shape index (κ3) is 7.48. The zero-order valence-electron chi connectivity index (χ0n) is 15.3. The van der Waals surface area contributed by atoms with Crippen LogP contribution in [0.4, 0.5) is 13.2 Å². The number of aromatic nitrogens is 4. The molecule has 0 radical (unpaired) electrons. The van der Waals surface area contributed by atoms with E-state index in [0.717, 1.165) is 12.2 Å². The number of methoxy groups -OCH3 is 1. The molecule has 0 N–H and O–H groups in total. The van der Waals surface area contributed by atoms with E-state index in [2.05, 4.69) is 31.1 Å². The van der Waals surface area contributed by atoms with Crippen molar-refractivity contribution in [1.82, 2.24) is 19.7 Å². The lowest BCUT2D eigenvalue weighted by molar-refractivity contribution is -0.303. The van der Waals surface area contributed by atoms with Crippen LogP contribution in [0, 0.1) is 0 Å². The molecule has 154 valence electrons. The molecule has 8 nitrogen and oxygen atoms in total. The smallest absolute Gasteiger partial charge is 0.484 e. The molecule has 2 heterocycles. The molecule has 2 aromatic heterocycles. The highest BCUT2D eigenvalue weighted by Gasteiger charge is 2.31. The van der Waals surface area contributed by atoms with E-state index in [9.17, 15) is 18.0 Å². The summed E-state index contributed by atoms with van der Waals surface area (Å²) in [6.45, 7) is 3.54. The van der Waals surface area contributed by atoms with Crippen LogP contribution in [-0.4, -0.2) is 39.2 Å². The second-order valence-electron chi connectivity index (χ2n) is 5.30. The van der Waals surface area contributed by atoms with Gasteiger partial charge in [0.1, 0.15) is 30.1 Å². The third-order valence-corrected chi connectivity index (χ3v) is 3.17. The number of ether oxygens (including phenoxy) is 3. The monoisotopic (exact) mass is 410 g/mol. The van der Waals surface area contributed by atoms with E-state index in [-0.39, 0.29) is 18.8 Å². The van der Waals surface area contributed by atoms with Crippen LogP contribution in [-0.2, 0) is 22.6 Å². The highest BCUT2D eigenvalue weighted by molar-refractivity contribution is 5.87. The first-order valence-corrected chi connectivity index (χ1v) is 8.11. The maximum atomic E-state index is 12.3. The topological polar surface area (TPSA) is 88.4 Å². The molecule has 0 saturated heterocycles. The third-order valence-electron chi connectivity index (χ3n) is 3.17. The molecule has 0 bridgehead atoms. The molecule has 0 fully saturated rings. The highest BCUT2D eigenvalue weighted by Crippen LogP contribution is 2.21. The van der Waals surface area contributed by atoms with Gasteiger partial charge in [-0.05, 0) is 24.3 Å². The number of carbonyl (C=O) groups is 1. The summed E-state index contributed by atoms with van der Waals surface area (Å²) in [6.07, 6.45) is 2.83. The van der Waals surface area contributed by atoms with E-state index in [1.165, 1.54) is 42.5 Å². The van der Waals surface area contributed by atoms with Crippen molar-refractivity contribution in [3.05, 3.63) is 72.8 Å². The standard InChI is InChI=1S/C18H17F3N4O4/c1-3-5-13(29-18(19,20)21)6-4-9-25-12-23-16(24-25)11-28-14-7-8-15(22-10-14)17(26)27-2/h3-8,10,12H,1,9,11H2,2H3/b6-4-,13-5+. The average Bonchev–Trinajstić information content (AvgIpc) is 3.13. The Hall–Kier alpha value is -3.63. The Morgan fingerprint density at radius 1 is 1.31 bits per heavy atom. The molecule has 11 heteroatoms. The van der Waals surface area contributed by atoms with Gasteiger partial charge in [0.05, 0.1) is 19.9 Å². The van der Waals surface area contributed by atoms with Gasteiger partial charge in [-0.2, -0.15) is 5.10 Å². The van der Waals surface area contributed by atoms with Gasteiger partial charge in [0, 0.05) is 0 Å². The molecule has 0 atom stereocenters. The fourth-order valence-corrected chi connectivity index (χ4v) is 1.98. The zero-order valence-corrected chi connectivity index (χ0v) is 15.3. The van der Waals surface area contributed by atoms with Crippen LogP contribution in [0.2, 0.25) is 0 Å². The molecule has 0 aliphatic carbocycles. The number of rotatable bonds is 9. The SMILES string of the molecule is C=C/C=C(\C=C/Cn1cnc(COc2ccc(C(=O)OC)nc2)n1)OC(F)(F)F. The molecular formula is C18H17F3N4O4. The van der Waals surface area contributed by atoms with Crippen LogP contribution in [0.5, 0.6) is 5.75 Å². The van der Waals surface area contributed by atoms with E-state index in [1.54, 1.807) is 6.07 Å². The van der Waals surface area contributed by atoms with Crippen LogP contribution >= 0.6 is 0 Å². The number of esters is 1. The number of alkyl halides is 3. The Morgan fingerprint density at radius 3 is 2.72 bits per heavy atom. The van der Waals surface area contributed by atoms with E-state index >= 15 is 0 Å². The molecule has 0 amide bonds. The van der Waals surface area contributed by atoms with Crippen molar-refractivity contribution in [1.29, 1.82) is 0 Å². The molecule has 29 heavy (non-hydrogen) atoms. The van der Waals surface area contributed by atoms with Gasteiger partial charge in [-0.3, -0.25) is 0 Å². The Bertz CT molecular complexity index is 889. The maximum Gasteiger partial charge on any atom is 0.573 e. The summed E-state index contributed by atoms with van der Waals surface area (Å²) in [6, 6.07) is 3.00. The fourth-order valence-electron chi connectivity index (χ4n) is 1.98. The molecule has 0 aliphatic heterocycles. The Labute approximate surface area is 163 Å². The first-order valence-electron chi connectivity index (χ1n) is 8.11. The lowest BCUT2D eigenvalue weighted by atomic mass is 10.3. The fraction of sp³-hybridized carbons (Fsp3) is 0.222. The van der Waals surface area contributed by atoms with Gasteiger partial charge in [0.25, 0.3) is 0 Å². The van der Waals surface area contributed by atoms with Gasteiger partial charge in [0.2, 0.25) is 0 Å². The lowest BCUT2D eigenvalue weighted by Gasteiger charge is -2.08. The molecule has 0 saturated carbocycles. The number of hydrogen-bond donors (Lipinski definition) is 0. The van der Waals surface area contributed by atoms with E-state index in [1.807, 2.05) is 0 Å². The summed E-state index contributed by atoms with van der Waals surface area (Å²) in [5, 5.41) is 4.13. The van der Waals surface area contributed by atoms with Gasteiger partial charge < -0.3 is 14.2 Å². The van der Waals surface area contributed by atoms with Gasteiger partial charge >= 0.3 is 12.3 Å². The molecule has 2 rings (SSSR count). The number of carbonyl (C=O) groups excluding carboxylic acids is 1. The van der Waals surface area contributed by atoms with E-state index < -0.39 is 18.1 Å². The lowest BCUT2D eigenvalue weighted by Crippen LogP contribution is -2.12. The number of halogens is 3. The zero-order chi connectivity index (χ0) is 21.3. The average molecular weight is 410 g/mol. The summed E-state index contributed by atoms with van der Waals surface area (Å²) in [4.78, 5) is 19.3. The van der Waals surface area contributed by atoms with Crippen LogP contribution in [0.25, 0.3) is 0 Å². The van der Waals surface area contributed by atoms with Gasteiger partial charge in [-0.25, -0.2) is 19.4 Å². The van der Waals surface area contributed by atoms with Crippen molar-refractivity contribution >= 4 is 5.97 Å². The largest absolute Gasteiger partial charge is 0.573 e. The quantitative estimate of drug-likeness (QED) is 0.356. The van der Waals surface area contributed by atoms with Crippen molar-refractivity contribution in [3.8, 4) is 5.75 Å². The summed E-state index contributed by atoms with van der Waals surface area (Å²) in [5.74, 6) is -0.211. The minimum Gasteiger partial charge on any atom is -0.484 e. The second kappa shape index (κ2) is 10.1. The minimum atomic E-state index is -4.79. The normalized spacial score (nSPS) is 12.1. The van der Waals surface area contributed by atoms with Crippen molar-refractivity contribution < 1.29 is 32.2 Å². The van der Waals surface area contributed by atoms with Crippen LogP contribution < -0.4 is 4.74 Å². The first kappa shape index (κ1) is 21.7. The molecule has 0 aliphatic rings. The maximum absolute atomic E-state index is 12.3. The number of nitrogens with zero attached hydrogens (tertiary/aromatic N) is 4. The molecular weight excluding hydrogens is 393 g/mol. The van der Waals surface area contributed by atoms with Crippen molar-refractivity contribution in [2.75, 3.05) is 7.11 Å². The number of allylic oxidation sites excluding steroid dienone is 4. The molecule has 2 aromatic rings. The predicted molar refractivity (Wildman–Crippen MR) is 94.5 cm³/mol. The molecule has 0 unspecified atom stereocenters. The summed E-state index contributed by atoms with van der Waals surface area (Å²) >= 11 is 0. The highest BCUT2D eigenvalue weighted by atomic mass is 19.4. The van der Waals surface area contributed by atoms with Gasteiger partial charge in [0.15, 0.2) is 5.82 Å². The Balaban J connectivity index is 1.88. The molecule has 0 aromatic carbocycles. The van der Waals surface area contributed by atoms with Gasteiger partial charge in [-0.1, -0.05) is 18.7 Å². The summed E-state index contributed by atoms with van der Waals surface area (Å²) in [5.41, 5.74) is 0.147. The number of pyridine rings is 1. The van der Waals surface area contributed by atoms with Crippen molar-refractivity contribution in [3.63, 3.8) is 0 Å². The second-order valence-corrected chi connectivity index (χ2v) is 5.30. The van der Waals surface area contributed by atoms with E-state index in [4.69, 9.17) is 4.74 Å². The van der Waals surface area contributed by atoms with Crippen LogP contribution in [0.1, 0.15) is 16.3 Å². The van der Waals surface area contributed by atoms with Crippen molar-refractivity contribution in [2.24, 2.45) is 0 Å². The summed E-state index contributed by atoms with van der Waals surface area (Å²) in [7, 11) is 1.26. The van der Waals surface area contributed by atoms with Crippen molar-refractivity contribution in [2.45, 2.75) is 19.5 Å². The van der Waals surface area contributed by atoms with Gasteiger partial charge in [-0.15, -0.1) is 13.2 Å². The first-order chi connectivity index (χ1) is 13.8. The Morgan fingerprint density at radius 2 is 2.10 bits per heavy atom. The van der Waals surface area contributed by atoms with E-state index in [0.29, 0.717) is 11.6 Å². The number of hydrogen-bond acceptors (Lipinski definition) is 7. The van der Waals surface area contributed by atoms with Crippen LogP contribution in [0.3, 0.4) is 0 Å². The van der Waals surface area contributed by atoms with Crippen LogP contribution in [0.15, 0.2) is 61.3 Å².